The van der Waals surface area contributed by atoms with E-state index >= 15 is 4.39 Å². The van der Waals surface area contributed by atoms with E-state index in [1.165, 1.54) is 17.0 Å². The summed E-state index contributed by atoms with van der Waals surface area (Å²) in [6.45, 7) is 16.1. The number of carbonyl (C=O) groups is 2. The third-order valence-corrected chi connectivity index (χ3v) is 8.66. The first-order valence-corrected chi connectivity index (χ1v) is 16.2. The summed E-state index contributed by atoms with van der Waals surface area (Å²) >= 11 is 6.03. The van der Waals surface area contributed by atoms with E-state index < -0.39 is 34.5 Å². The summed E-state index contributed by atoms with van der Waals surface area (Å²) < 4.78 is 38.9. The predicted octanol–water partition coefficient (Wildman–Crippen LogP) is 7.27. The average Bonchev–Trinajstić information content (AvgIpc) is 3.33. The van der Waals surface area contributed by atoms with E-state index in [0.29, 0.717) is 37.3 Å². The Bertz CT molecular complexity index is 1650. The van der Waals surface area contributed by atoms with E-state index in [-0.39, 0.29) is 40.1 Å². The molecule has 1 fully saturated rings. The third kappa shape index (κ3) is 8.30. The summed E-state index contributed by atoms with van der Waals surface area (Å²) in [5.41, 5.74) is -1.06. The van der Waals surface area contributed by atoms with Gasteiger partial charge >= 0.3 is 5.97 Å². The van der Waals surface area contributed by atoms with E-state index in [0.717, 1.165) is 5.69 Å². The van der Waals surface area contributed by atoms with Gasteiger partial charge in [-0.2, -0.15) is 5.10 Å². The van der Waals surface area contributed by atoms with E-state index in [1.54, 1.807) is 47.0 Å². The average molecular weight is 673 g/mol. The number of hydrogen-bond donors (Lipinski definition) is 1. The summed E-state index contributed by atoms with van der Waals surface area (Å²) in [7, 11) is 3.09. The van der Waals surface area contributed by atoms with Crippen molar-refractivity contribution in [3.63, 3.8) is 0 Å². The second-order valence-electron chi connectivity index (χ2n) is 14.8. The fourth-order valence-electron chi connectivity index (χ4n) is 6.13. The minimum absolute atomic E-state index is 0.0282. The maximum absolute atomic E-state index is 16.3. The summed E-state index contributed by atoms with van der Waals surface area (Å²) in [6, 6.07) is 7.92. The summed E-state index contributed by atoms with van der Waals surface area (Å²) in [5, 5.41) is 7.87. The quantitative estimate of drug-likeness (QED) is 0.252. The Morgan fingerprint density at radius 1 is 1.11 bits per heavy atom. The SMILES string of the molecule is Cc1cc(Nc2cc(C(=O)N(C)C)c(F)c(C[C@@]3(C(=O)OC(C)(C)C)CCN(Cc4cccc(Cl)c4F)[C@H](C)C3)n2)nn1C(C)(C)C. The van der Waals surface area contributed by atoms with Gasteiger partial charge < -0.3 is 15.0 Å². The molecule has 1 aliphatic heterocycles. The number of anilines is 2. The number of piperidine rings is 1. The Kier molecular flexibility index (Phi) is 10.4. The highest BCUT2D eigenvalue weighted by molar-refractivity contribution is 6.30. The van der Waals surface area contributed by atoms with Gasteiger partial charge in [0.15, 0.2) is 11.6 Å². The van der Waals surface area contributed by atoms with Gasteiger partial charge in [0.2, 0.25) is 0 Å². The molecule has 47 heavy (non-hydrogen) atoms. The van der Waals surface area contributed by atoms with Crippen molar-refractivity contribution < 1.29 is 23.1 Å². The second kappa shape index (κ2) is 13.5. The first-order valence-electron chi connectivity index (χ1n) is 15.9. The summed E-state index contributed by atoms with van der Waals surface area (Å²) in [6.07, 6.45) is 0.504. The van der Waals surface area contributed by atoms with Gasteiger partial charge in [0.05, 0.1) is 27.2 Å². The number of halogens is 3. The van der Waals surface area contributed by atoms with Crippen LogP contribution in [-0.4, -0.2) is 68.7 Å². The van der Waals surface area contributed by atoms with E-state index in [9.17, 15) is 14.0 Å². The molecule has 1 N–H and O–H groups in total. The number of likely N-dealkylation sites (tertiary alicyclic amines) is 1. The monoisotopic (exact) mass is 672 g/mol. The molecule has 0 aliphatic carbocycles. The molecule has 9 nitrogen and oxygen atoms in total. The number of rotatable bonds is 8. The molecule has 1 aliphatic rings. The van der Waals surface area contributed by atoms with Gasteiger partial charge in [0.25, 0.3) is 5.91 Å². The van der Waals surface area contributed by atoms with Gasteiger partial charge in [-0.05, 0) is 86.9 Å². The fourth-order valence-corrected chi connectivity index (χ4v) is 6.32. The fraction of sp³-hybridized carbons (Fsp3) is 0.543. The molecule has 0 unspecified atom stereocenters. The molecule has 1 saturated heterocycles. The highest BCUT2D eigenvalue weighted by Gasteiger charge is 2.47. The molecule has 2 aromatic heterocycles. The van der Waals surface area contributed by atoms with Crippen LogP contribution in [0.3, 0.4) is 0 Å². The number of pyridine rings is 1. The van der Waals surface area contributed by atoms with Crippen LogP contribution in [-0.2, 0) is 28.0 Å². The van der Waals surface area contributed by atoms with Crippen LogP contribution < -0.4 is 5.32 Å². The first-order chi connectivity index (χ1) is 21.7. The number of benzene rings is 1. The number of esters is 1. The van der Waals surface area contributed by atoms with Crippen molar-refractivity contribution in [1.82, 2.24) is 24.6 Å². The molecule has 0 spiro atoms. The van der Waals surface area contributed by atoms with Crippen molar-refractivity contribution in [3.8, 4) is 0 Å². The molecule has 3 heterocycles. The van der Waals surface area contributed by atoms with Gasteiger partial charge in [-0.15, -0.1) is 0 Å². The zero-order valence-corrected chi connectivity index (χ0v) is 29.9. The second-order valence-corrected chi connectivity index (χ2v) is 15.2. The van der Waals surface area contributed by atoms with Crippen molar-refractivity contribution in [1.29, 1.82) is 0 Å². The van der Waals surface area contributed by atoms with Crippen LogP contribution in [0.15, 0.2) is 30.3 Å². The molecule has 256 valence electrons. The normalized spacial score (nSPS) is 19.0. The van der Waals surface area contributed by atoms with E-state index in [2.05, 4.69) is 20.3 Å². The highest BCUT2D eigenvalue weighted by Crippen LogP contribution is 2.42. The molecule has 3 aromatic rings. The lowest BCUT2D eigenvalue weighted by Gasteiger charge is -2.45. The molecule has 2 atom stereocenters. The van der Waals surface area contributed by atoms with Crippen LogP contribution in [0, 0.1) is 24.0 Å². The maximum Gasteiger partial charge on any atom is 0.313 e. The number of aromatic nitrogens is 3. The molecule has 1 amide bonds. The summed E-state index contributed by atoms with van der Waals surface area (Å²) in [5.74, 6) is -1.55. The largest absolute Gasteiger partial charge is 0.460 e. The molecule has 12 heteroatoms. The number of aryl methyl sites for hydroxylation is 1. The minimum Gasteiger partial charge on any atom is -0.460 e. The number of nitrogens with one attached hydrogen (secondary N) is 1. The van der Waals surface area contributed by atoms with Crippen molar-refractivity contribution in [2.75, 3.05) is 26.0 Å². The lowest BCUT2D eigenvalue weighted by atomic mass is 9.71. The van der Waals surface area contributed by atoms with Gasteiger partial charge in [-0.25, -0.2) is 13.8 Å². The summed E-state index contributed by atoms with van der Waals surface area (Å²) in [4.78, 5) is 35.2. The van der Waals surface area contributed by atoms with Crippen molar-refractivity contribution >= 4 is 35.1 Å². The molecular formula is C35H47ClF2N6O3. The number of carbonyl (C=O) groups excluding carboxylic acids is 2. The standard InChI is InChI=1S/C35H47ClF2N6O3/c1-21-16-28(41-44(21)33(3,4)5)40-27-17-24(31(45)42(9)10)30(38)26(39-27)19-35(32(46)47-34(6,7)8)14-15-43(22(2)18-35)20-23-12-11-13-25(36)29(23)37/h11-13,16-17,22H,14-15,18-20H2,1-10H3,(H,39,40,41)/t22-,35-/m1/s1. The zero-order chi connectivity index (χ0) is 35.1. The van der Waals surface area contributed by atoms with Gasteiger partial charge in [-0.1, -0.05) is 23.7 Å². The van der Waals surface area contributed by atoms with Gasteiger partial charge in [0.1, 0.15) is 17.2 Å². The topological polar surface area (TPSA) is 92.6 Å². The molecule has 0 radical (unpaired) electrons. The van der Waals surface area contributed by atoms with Crippen LogP contribution in [0.2, 0.25) is 5.02 Å². The lowest BCUT2D eigenvalue weighted by molar-refractivity contribution is -0.172. The first kappa shape index (κ1) is 36.3. The van der Waals surface area contributed by atoms with Crippen LogP contribution in [0.4, 0.5) is 20.4 Å². The number of hydrogen-bond acceptors (Lipinski definition) is 7. The van der Waals surface area contributed by atoms with Crippen LogP contribution >= 0.6 is 11.6 Å². The minimum atomic E-state index is -1.16. The Morgan fingerprint density at radius 3 is 2.36 bits per heavy atom. The van der Waals surface area contributed by atoms with Gasteiger partial charge in [-0.3, -0.25) is 19.2 Å². The van der Waals surface area contributed by atoms with E-state index in [1.807, 2.05) is 45.4 Å². The Hall–Kier alpha value is -3.57. The zero-order valence-electron chi connectivity index (χ0n) is 29.1. The maximum atomic E-state index is 16.3. The van der Waals surface area contributed by atoms with Crippen LogP contribution in [0.25, 0.3) is 0 Å². The van der Waals surface area contributed by atoms with E-state index in [4.69, 9.17) is 16.3 Å². The van der Waals surface area contributed by atoms with Crippen molar-refractivity contribution in [3.05, 3.63) is 69.5 Å². The molecular weight excluding hydrogens is 626 g/mol. The number of nitrogens with zero attached hydrogens (tertiary/aromatic N) is 5. The Labute approximate surface area is 281 Å². The molecule has 0 bridgehead atoms. The predicted molar refractivity (Wildman–Crippen MR) is 180 cm³/mol. The van der Waals surface area contributed by atoms with Crippen LogP contribution in [0.5, 0.6) is 0 Å². The Morgan fingerprint density at radius 2 is 1.79 bits per heavy atom. The Balaban J connectivity index is 1.74. The van der Waals surface area contributed by atoms with Crippen molar-refractivity contribution in [2.45, 2.75) is 98.4 Å². The molecule has 4 rings (SSSR count). The van der Waals surface area contributed by atoms with Gasteiger partial charge in [0, 0.05) is 50.4 Å². The lowest BCUT2D eigenvalue weighted by Crippen LogP contribution is -2.51. The molecule has 1 aromatic carbocycles. The highest BCUT2D eigenvalue weighted by atomic mass is 35.5. The number of amides is 1. The smallest absolute Gasteiger partial charge is 0.313 e. The third-order valence-electron chi connectivity index (χ3n) is 8.37. The molecule has 0 saturated carbocycles. The number of ether oxygens (including phenoxy) is 1. The van der Waals surface area contributed by atoms with Crippen LogP contribution in [0.1, 0.15) is 88.6 Å². The van der Waals surface area contributed by atoms with Crippen molar-refractivity contribution in [2.24, 2.45) is 5.41 Å².